The van der Waals surface area contributed by atoms with Gasteiger partial charge in [0, 0.05) is 13.1 Å². The Morgan fingerprint density at radius 2 is 1.94 bits per heavy atom. The van der Waals surface area contributed by atoms with Crippen LogP contribution in [0.3, 0.4) is 0 Å². The molecule has 1 saturated heterocycles. The van der Waals surface area contributed by atoms with E-state index in [0.717, 1.165) is 19.6 Å². The predicted octanol–water partition coefficient (Wildman–Crippen LogP) is -0.196. The maximum absolute atomic E-state index is 11.5. The van der Waals surface area contributed by atoms with Crippen LogP contribution in [-0.4, -0.2) is 48.9 Å². The van der Waals surface area contributed by atoms with Crippen molar-refractivity contribution < 1.29 is 9.59 Å². The monoisotopic (exact) mass is 239 g/mol. The normalized spacial score (nSPS) is 18.5. The van der Waals surface area contributed by atoms with Gasteiger partial charge >= 0.3 is 0 Å². The minimum atomic E-state index is -0.677. The molecule has 2 amide bonds. The molecule has 1 aliphatic rings. The Labute approximate surface area is 103 Å². The Kier molecular flexibility index (Phi) is 5.97. The fraction of sp³-hybridized carbons (Fsp3) is 0.750. The van der Waals surface area contributed by atoms with E-state index in [1.165, 1.54) is 19.3 Å². The van der Waals surface area contributed by atoms with Gasteiger partial charge in [0.05, 0.1) is 6.92 Å². The van der Waals surface area contributed by atoms with Crippen LogP contribution in [0.25, 0.3) is 0 Å². The van der Waals surface area contributed by atoms with Gasteiger partial charge in [0.15, 0.2) is 0 Å². The highest BCUT2D eigenvalue weighted by atomic mass is 16.2. The first-order chi connectivity index (χ1) is 8.09. The SMILES string of the molecule is [CH]C(=O)NC(C)C(=O)NCCN1CCCCC1. The van der Waals surface area contributed by atoms with Crippen molar-refractivity contribution in [3.63, 3.8) is 0 Å². The zero-order valence-corrected chi connectivity index (χ0v) is 10.4. The van der Waals surface area contributed by atoms with Crippen molar-refractivity contribution in [3.05, 3.63) is 6.92 Å². The first-order valence-electron chi connectivity index (χ1n) is 6.15. The van der Waals surface area contributed by atoms with Crippen LogP contribution in [0.2, 0.25) is 0 Å². The topological polar surface area (TPSA) is 61.4 Å². The summed E-state index contributed by atoms with van der Waals surface area (Å²) in [4.78, 5) is 24.4. The molecular weight excluding hydrogens is 218 g/mol. The molecule has 0 aromatic carbocycles. The number of piperidine rings is 1. The Balaban J connectivity index is 2.12. The summed E-state index contributed by atoms with van der Waals surface area (Å²) < 4.78 is 0. The van der Waals surface area contributed by atoms with Gasteiger partial charge in [-0.1, -0.05) is 6.42 Å². The van der Waals surface area contributed by atoms with E-state index in [1.54, 1.807) is 6.92 Å². The van der Waals surface area contributed by atoms with Crippen molar-refractivity contribution in [1.82, 2.24) is 15.5 Å². The number of rotatable bonds is 5. The lowest BCUT2D eigenvalue weighted by atomic mass is 10.1. The van der Waals surface area contributed by atoms with Gasteiger partial charge < -0.3 is 15.5 Å². The predicted molar refractivity (Wildman–Crippen MR) is 65.2 cm³/mol. The Morgan fingerprint density at radius 3 is 2.53 bits per heavy atom. The van der Waals surface area contributed by atoms with Crippen LogP contribution in [0.1, 0.15) is 26.2 Å². The van der Waals surface area contributed by atoms with Gasteiger partial charge in [0.2, 0.25) is 11.8 Å². The average molecular weight is 239 g/mol. The van der Waals surface area contributed by atoms with Gasteiger partial charge in [-0.2, -0.15) is 0 Å². The lowest BCUT2D eigenvalue weighted by Crippen LogP contribution is -2.46. The van der Waals surface area contributed by atoms with E-state index in [4.69, 9.17) is 6.92 Å². The summed E-state index contributed by atoms with van der Waals surface area (Å²) in [5.74, 6) is -0.871. The number of amides is 2. The molecule has 0 aromatic heterocycles. The summed E-state index contributed by atoms with van der Waals surface area (Å²) in [7, 11) is 0. The molecular formula is C12H21N3O2. The molecule has 2 N–H and O–H groups in total. The van der Waals surface area contributed by atoms with E-state index < -0.39 is 11.9 Å². The van der Waals surface area contributed by atoms with Gasteiger partial charge in [-0.05, 0) is 32.9 Å². The molecule has 1 fully saturated rings. The van der Waals surface area contributed by atoms with E-state index in [-0.39, 0.29) is 5.91 Å². The largest absolute Gasteiger partial charge is 0.353 e. The summed E-state index contributed by atoms with van der Waals surface area (Å²) in [6.45, 7) is 10.3. The highest BCUT2D eigenvalue weighted by Gasteiger charge is 2.14. The number of likely N-dealkylation sites (tertiary alicyclic amines) is 1. The minimum absolute atomic E-state index is 0.194. The number of carbonyl (C=O) groups is 2. The second kappa shape index (κ2) is 7.27. The third-order valence-corrected chi connectivity index (χ3v) is 2.93. The van der Waals surface area contributed by atoms with Crippen LogP contribution in [0.5, 0.6) is 0 Å². The fourth-order valence-corrected chi connectivity index (χ4v) is 1.95. The molecule has 2 radical (unpaired) electrons. The minimum Gasteiger partial charge on any atom is -0.353 e. The molecule has 0 spiro atoms. The number of nitrogens with one attached hydrogen (secondary N) is 2. The Hall–Kier alpha value is -1.10. The van der Waals surface area contributed by atoms with Crippen molar-refractivity contribution in [2.24, 2.45) is 0 Å². The number of hydrogen-bond acceptors (Lipinski definition) is 3. The maximum Gasteiger partial charge on any atom is 0.242 e. The van der Waals surface area contributed by atoms with Crippen molar-refractivity contribution in [3.8, 4) is 0 Å². The van der Waals surface area contributed by atoms with E-state index >= 15 is 0 Å². The number of hydrogen-bond donors (Lipinski definition) is 2. The van der Waals surface area contributed by atoms with Crippen LogP contribution in [0, 0.1) is 6.92 Å². The molecule has 5 nitrogen and oxygen atoms in total. The summed E-state index contributed by atoms with van der Waals surface area (Å²) in [5.41, 5.74) is 0. The van der Waals surface area contributed by atoms with Crippen molar-refractivity contribution in [1.29, 1.82) is 0 Å². The van der Waals surface area contributed by atoms with E-state index in [1.807, 2.05) is 0 Å². The maximum atomic E-state index is 11.5. The smallest absolute Gasteiger partial charge is 0.242 e. The van der Waals surface area contributed by atoms with Gasteiger partial charge in [-0.15, -0.1) is 0 Å². The molecule has 1 aliphatic heterocycles. The van der Waals surface area contributed by atoms with Crippen LogP contribution in [0.4, 0.5) is 0 Å². The number of carbonyl (C=O) groups excluding carboxylic acids is 2. The average Bonchev–Trinajstić information content (AvgIpc) is 2.29. The van der Waals surface area contributed by atoms with Gasteiger partial charge in [0.1, 0.15) is 6.04 Å². The molecule has 1 heterocycles. The fourth-order valence-electron chi connectivity index (χ4n) is 1.95. The molecule has 1 rings (SSSR count). The Morgan fingerprint density at radius 1 is 1.29 bits per heavy atom. The van der Waals surface area contributed by atoms with Crippen LogP contribution in [0.15, 0.2) is 0 Å². The van der Waals surface area contributed by atoms with Gasteiger partial charge in [0.25, 0.3) is 0 Å². The molecule has 17 heavy (non-hydrogen) atoms. The Bertz CT molecular complexity index is 262. The van der Waals surface area contributed by atoms with E-state index in [2.05, 4.69) is 15.5 Å². The second-order valence-electron chi connectivity index (χ2n) is 4.42. The van der Waals surface area contributed by atoms with Crippen molar-refractivity contribution >= 4 is 11.8 Å². The molecule has 1 unspecified atom stereocenters. The molecule has 5 heteroatoms. The quantitative estimate of drug-likeness (QED) is 0.699. The van der Waals surface area contributed by atoms with Crippen LogP contribution < -0.4 is 10.6 Å². The third-order valence-electron chi connectivity index (χ3n) is 2.93. The van der Waals surface area contributed by atoms with Crippen molar-refractivity contribution in [2.45, 2.75) is 32.2 Å². The van der Waals surface area contributed by atoms with Crippen molar-refractivity contribution in [2.75, 3.05) is 26.2 Å². The summed E-state index contributed by atoms with van der Waals surface area (Å²) >= 11 is 0. The summed E-state index contributed by atoms with van der Waals surface area (Å²) in [6, 6.07) is -0.575. The van der Waals surface area contributed by atoms with Gasteiger partial charge in [-0.25, -0.2) is 0 Å². The molecule has 0 aromatic rings. The standard InChI is InChI=1S/C12H21N3O2/c1-10(14-11(2)16)12(17)13-6-9-15-7-4-3-5-8-15/h2,10H,3-9H2,1H3,(H,13,17)(H,14,16). The van der Waals surface area contributed by atoms with Crippen LogP contribution >= 0.6 is 0 Å². The van der Waals surface area contributed by atoms with Crippen LogP contribution in [-0.2, 0) is 9.59 Å². The molecule has 1 atom stereocenters. The lowest BCUT2D eigenvalue weighted by molar-refractivity contribution is -0.126. The lowest BCUT2D eigenvalue weighted by Gasteiger charge is -2.26. The highest BCUT2D eigenvalue weighted by Crippen LogP contribution is 2.07. The molecule has 0 aliphatic carbocycles. The zero-order chi connectivity index (χ0) is 12.7. The van der Waals surface area contributed by atoms with Gasteiger partial charge in [-0.3, -0.25) is 9.59 Å². The zero-order valence-electron chi connectivity index (χ0n) is 10.4. The van der Waals surface area contributed by atoms with E-state index in [9.17, 15) is 9.59 Å². The molecule has 96 valence electrons. The number of nitrogens with zero attached hydrogens (tertiary/aromatic N) is 1. The molecule has 0 bridgehead atoms. The first kappa shape index (κ1) is 14.0. The van der Waals surface area contributed by atoms with E-state index in [0.29, 0.717) is 6.54 Å². The highest BCUT2D eigenvalue weighted by molar-refractivity contribution is 5.88. The third kappa shape index (κ3) is 5.68. The molecule has 0 saturated carbocycles. The second-order valence-corrected chi connectivity index (χ2v) is 4.42. The first-order valence-corrected chi connectivity index (χ1v) is 6.15. The summed E-state index contributed by atoms with van der Waals surface area (Å²) in [6.07, 6.45) is 3.80. The summed E-state index contributed by atoms with van der Waals surface area (Å²) in [5, 5.41) is 5.13.